The van der Waals surface area contributed by atoms with E-state index >= 15 is 0 Å². The average Bonchev–Trinajstić information content (AvgIpc) is 3.25. The summed E-state index contributed by atoms with van der Waals surface area (Å²) in [4.78, 5) is 0. The molecule has 0 saturated carbocycles. The molecule has 6 heteroatoms. The summed E-state index contributed by atoms with van der Waals surface area (Å²) in [5.74, 6) is 2.51. The minimum absolute atomic E-state index is 0.0520. The summed E-state index contributed by atoms with van der Waals surface area (Å²) in [6, 6.07) is 21.9. The van der Waals surface area contributed by atoms with Crippen molar-refractivity contribution in [3.63, 3.8) is 0 Å². The fourth-order valence-electron chi connectivity index (χ4n) is 4.13. The highest BCUT2D eigenvalue weighted by Gasteiger charge is 2.41. The maximum Gasteiger partial charge on any atom is 0.213 e. The van der Waals surface area contributed by atoms with Gasteiger partial charge in [0.05, 0.1) is 25.5 Å². The first-order chi connectivity index (χ1) is 15.2. The van der Waals surface area contributed by atoms with Gasteiger partial charge in [-0.3, -0.25) is 0 Å². The number of halogens is 1. The molecule has 158 valence electrons. The Labute approximate surface area is 186 Å². The van der Waals surface area contributed by atoms with Crippen LogP contribution in [0.25, 0.3) is 0 Å². The molecule has 0 N–H and O–H groups in total. The van der Waals surface area contributed by atoms with E-state index in [4.69, 9.17) is 30.9 Å². The van der Waals surface area contributed by atoms with Crippen molar-refractivity contribution in [3.05, 3.63) is 88.4 Å². The first-order valence-corrected chi connectivity index (χ1v) is 10.7. The van der Waals surface area contributed by atoms with Crippen LogP contribution in [0.1, 0.15) is 42.3 Å². The van der Waals surface area contributed by atoms with Crippen molar-refractivity contribution in [3.8, 4) is 17.2 Å². The molecule has 0 saturated heterocycles. The largest absolute Gasteiger partial charge is 0.497 e. The van der Waals surface area contributed by atoms with E-state index < -0.39 is 0 Å². The normalized spacial score (nSPS) is 19.2. The third-order valence-electron chi connectivity index (χ3n) is 5.65. The van der Waals surface area contributed by atoms with Crippen LogP contribution in [-0.4, -0.2) is 24.4 Å². The van der Waals surface area contributed by atoms with Crippen LogP contribution in [0, 0.1) is 0 Å². The molecule has 0 aromatic heterocycles. The van der Waals surface area contributed by atoms with Crippen LogP contribution in [-0.2, 0) is 0 Å². The van der Waals surface area contributed by atoms with Gasteiger partial charge in [0.15, 0.2) is 0 Å². The zero-order chi connectivity index (χ0) is 21.4. The number of methoxy groups -OCH3 is 1. The van der Waals surface area contributed by atoms with E-state index in [-0.39, 0.29) is 12.3 Å². The number of nitrogens with zero attached hydrogens (tertiary/aromatic N) is 2. The smallest absolute Gasteiger partial charge is 0.213 e. The lowest BCUT2D eigenvalue weighted by Gasteiger charge is -2.38. The molecule has 0 fully saturated rings. The molecule has 0 unspecified atom stereocenters. The van der Waals surface area contributed by atoms with Gasteiger partial charge in [-0.05, 0) is 79.2 Å². The van der Waals surface area contributed by atoms with Gasteiger partial charge in [0, 0.05) is 22.6 Å². The van der Waals surface area contributed by atoms with E-state index in [1.807, 2.05) is 66.5 Å². The predicted molar refractivity (Wildman–Crippen MR) is 121 cm³/mol. The topological polar surface area (TPSA) is 43.3 Å². The Morgan fingerprint density at radius 1 is 1.03 bits per heavy atom. The maximum atomic E-state index is 6.40. The number of hydrogen-bond donors (Lipinski definition) is 0. The van der Waals surface area contributed by atoms with Crippen LogP contribution in [0.3, 0.4) is 0 Å². The van der Waals surface area contributed by atoms with Gasteiger partial charge in [-0.25, -0.2) is 5.01 Å². The molecule has 0 radical (unpaired) electrons. The van der Waals surface area contributed by atoms with Crippen LogP contribution in [0.4, 0.5) is 0 Å². The second-order valence-electron chi connectivity index (χ2n) is 7.53. The fraction of sp³-hybridized carbons (Fsp3) is 0.240. The minimum atomic E-state index is -0.329. The molecule has 3 aromatic rings. The van der Waals surface area contributed by atoms with Gasteiger partial charge < -0.3 is 14.2 Å². The number of rotatable bonds is 5. The number of fused-ring (bicyclic) bond motifs is 3. The molecule has 0 amide bonds. The molecular weight excluding hydrogens is 412 g/mol. The molecule has 2 aliphatic rings. The van der Waals surface area contributed by atoms with Crippen LogP contribution in [0.5, 0.6) is 17.2 Å². The number of hydrazone groups is 1. The second-order valence-corrected chi connectivity index (χ2v) is 7.97. The Morgan fingerprint density at radius 3 is 2.48 bits per heavy atom. The zero-order valence-corrected chi connectivity index (χ0v) is 18.2. The van der Waals surface area contributed by atoms with Gasteiger partial charge in [0.1, 0.15) is 17.2 Å². The third-order valence-corrected chi connectivity index (χ3v) is 5.89. The Bertz CT molecular complexity index is 1110. The lowest BCUT2D eigenvalue weighted by atomic mass is 9.96. The van der Waals surface area contributed by atoms with E-state index in [0.717, 1.165) is 46.1 Å². The van der Waals surface area contributed by atoms with Crippen LogP contribution < -0.4 is 14.2 Å². The van der Waals surface area contributed by atoms with Crippen molar-refractivity contribution in [2.24, 2.45) is 5.10 Å². The van der Waals surface area contributed by atoms with Crippen LogP contribution in [0.2, 0.25) is 5.02 Å². The lowest BCUT2D eigenvalue weighted by Crippen LogP contribution is -2.33. The van der Waals surface area contributed by atoms with Gasteiger partial charge >= 0.3 is 0 Å². The van der Waals surface area contributed by atoms with Crippen molar-refractivity contribution in [2.45, 2.75) is 25.6 Å². The summed E-state index contributed by atoms with van der Waals surface area (Å²) >= 11 is 6.32. The molecule has 2 heterocycles. The fourth-order valence-corrected chi connectivity index (χ4v) is 4.31. The highest BCUT2D eigenvalue weighted by Crippen LogP contribution is 2.48. The molecule has 3 aromatic carbocycles. The quantitative estimate of drug-likeness (QED) is 0.494. The van der Waals surface area contributed by atoms with Gasteiger partial charge in [-0.2, -0.15) is 5.10 Å². The Morgan fingerprint density at radius 2 is 1.77 bits per heavy atom. The molecule has 31 heavy (non-hydrogen) atoms. The molecule has 2 aliphatic heterocycles. The van der Waals surface area contributed by atoms with Crippen molar-refractivity contribution >= 4 is 17.3 Å². The summed E-state index contributed by atoms with van der Waals surface area (Å²) in [6.45, 7) is 2.63. The van der Waals surface area contributed by atoms with Crippen LogP contribution >= 0.6 is 11.6 Å². The predicted octanol–water partition coefficient (Wildman–Crippen LogP) is 5.99. The molecule has 0 bridgehead atoms. The maximum absolute atomic E-state index is 6.40. The summed E-state index contributed by atoms with van der Waals surface area (Å²) in [6.07, 6.45) is 0.446. The molecule has 0 spiro atoms. The Kier molecular flexibility index (Phi) is 5.20. The molecule has 5 nitrogen and oxygen atoms in total. The second kappa shape index (κ2) is 8.16. The first-order valence-electron chi connectivity index (χ1n) is 10.4. The van der Waals surface area contributed by atoms with Crippen molar-refractivity contribution in [2.75, 3.05) is 13.7 Å². The van der Waals surface area contributed by atoms with Crippen molar-refractivity contribution in [1.82, 2.24) is 5.01 Å². The molecule has 0 aliphatic carbocycles. The van der Waals surface area contributed by atoms with E-state index in [9.17, 15) is 0 Å². The Balaban J connectivity index is 1.53. The first kappa shape index (κ1) is 19.8. The van der Waals surface area contributed by atoms with E-state index in [2.05, 4.69) is 12.1 Å². The van der Waals surface area contributed by atoms with Crippen molar-refractivity contribution in [1.29, 1.82) is 0 Å². The SMILES string of the molecule is CCOc1ccc(C2=NN3[C@H](C2)c2cc(Cl)ccc2O[C@H]3c2ccc(OC)cc2)cc1. The Hall–Kier alpha value is -3.18. The van der Waals surface area contributed by atoms with E-state index in [1.54, 1.807) is 7.11 Å². The molecule has 5 rings (SSSR count). The molecule has 2 atom stereocenters. The highest BCUT2D eigenvalue weighted by atomic mass is 35.5. The number of benzene rings is 3. The van der Waals surface area contributed by atoms with Gasteiger partial charge in [0.2, 0.25) is 6.23 Å². The van der Waals surface area contributed by atoms with Gasteiger partial charge in [0.25, 0.3) is 0 Å². The third kappa shape index (κ3) is 3.70. The zero-order valence-electron chi connectivity index (χ0n) is 17.4. The lowest BCUT2D eigenvalue weighted by molar-refractivity contribution is -0.0190. The average molecular weight is 435 g/mol. The number of ether oxygens (including phenoxy) is 3. The van der Waals surface area contributed by atoms with Gasteiger partial charge in [-0.15, -0.1) is 0 Å². The van der Waals surface area contributed by atoms with E-state index in [1.165, 1.54) is 0 Å². The molecular formula is C25H23ClN2O3. The minimum Gasteiger partial charge on any atom is -0.497 e. The van der Waals surface area contributed by atoms with Crippen LogP contribution in [0.15, 0.2) is 71.8 Å². The highest BCUT2D eigenvalue weighted by molar-refractivity contribution is 6.30. The summed E-state index contributed by atoms with van der Waals surface area (Å²) < 4.78 is 17.3. The standard InChI is InChI=1S/C25H23ClN2O3/c1-3-30-20-11-4-16(5-12-20)22-15-23-21-14-18(26)8-13-24(21)31-25(28(23)27-22)17-6-9-19(29-2)10-7-17/h4-14,23,25H,3,15H2,1-2H3/t23-,25+/m1/s1. The summed E-state index contributed by atoms with van der Waals surface area (Å²) in [5, 5.41) is 7.74. The van der Waals surface area contributed by atoms with E-state index in [0.29, 0.717) is 11.6 Å². The number of hydrogen-bond acceptors (Lipinski definition) is 5. The van der Waals surface area contributed by atoms with Gasteiger partial charge in [-0.1, -0.05) is 11.6 Å². The summed E-state index contributed by atoms with van der Waals surface area (Å²) in [5.41, 5.74) is 4.17. The van der Waals surface area contributed by atoms with Crippen molar-refractivity contribution < 1.29 is 14.2 Å². The monoisotopic (exact) mass is 434 g/mol. The summed E-state index contributed by atoms with van der Waals surface area (Å²) in [7, 11) is 1.66.